The molecule has 0 aliphatic carbocycles. The predicted molar refractivity (Wildman–Crippen MR) is 367 cm³/mol. The highest BCUT2D eigenvalue weighted by Gasteiger charge is 2.26. The van der Waals surface area contributed by atoms with E-state index in [1.807, 2.05) is 0 Å². The molecule has 0 saturated carbocycles. The molecule has 10 heteroatoms. The number of esters is 2. The third kappa shape index (κ3) is 69.9. The van der Waals surface area contributed by atoms with Crippen molar-refractivity contribution in [2.75, 3.05) is 26.4 Å². The molecule has 0 bridgehead atoms. The summed E-state index contributed by atoms with van der Waals surface area (Å²) in [5.74, 6) is -0.820. The Bertz CT molecular complexity index is 1720. The van der Waals surface area contributed by atoms with Gasteiger partial charge in [-0.3, -0.25) is 18.6 Å². The molecule has 0 spiro atoms. The van der Waals surface area contributed by atoms with Crippen molar-refractivity contribution in [1.29, 1.82) is 0 Å². The molecule has 0 aliphatic rings. The van der Waals surface area contributed by atoms with E-state index >= 15 is 0 Å². The molecule has 85 heavy (non-hydrogen) atoms. The summed E-state index contributed by atoms with van der Waals surface area (Å²) in [6.07, 6.45) is 95.1. The molecule has 0 rings (SSSR count). The molecular weight excluding hydrogens is 1070 g/mol. The Labute approximate surface area is 525 Å². The van der Waals surface area contributed by atoms with Crippen LogP contribution >= 0.6 is 7.82 Å². The molecule has 0 heterocycles. The van der Waals surface area contributed by atoms with E-state index in [2.05, 4.69) is 111 Å². The van der Waals surface area contributed by atoms with Crippen LogP contribution in [0.2, 0.25) is 0 Å². The van der Waals surface area contributed by atoms with Crippen LogP contribution in [0.25, 0.3) is 0 Å². The van der Waals surface area contributed by atoms with Crippen molar-refractivity contribution in [2.45, 2.75) is 341 Å². The van der Waals surface area contributed by atoms with Crippen molar-refractivity contribution in [2.24, 2.45) is 5.73 Å². The first-order chi connectivity index (χ1) is 41.8. The molecule has 0 aromatic heterocycles. The minimum Gasteiger partial charge on any atom is -0.462 e. The lowest BCUT2D eigenvalue weighted by Crippen LogP contribution is -2.29. The molecular formula is C75H134NO8P. The molecule has 0 saturated heterocycles. The molecule has 0 fully saturated rings. The van der Waals surface area contributed by atoms with E-state index in [1.165, 1.54) is 225 Å². The zero-order valence-electron chi connectivity index (χ0n) is 55.3. The summed E-state index contributed by atoms with van der Waals surface area (Å²) in [7, 11) is -4.40. The van der Waals surface area contributed by atoms with Gasteiger partial charge in [0.25, 0.3) is 0 Å². The third-order valence-corrected chi connectivity index (χ3v) is 16.4. The van der Waals surface area contributed by atoms with Crippen molar-refractivity contribution in [3.63, 3.8) is 0 Å². The lowest BCUT2D eigenvalue weighted by Gasteiger charge is -2.19. The van der Waals surface area contributed by atoms with E-state index < -0.39 is 26.5 Å². The van der Waals surface area contributed by atoms with Crippen LogP contribution < -0.4 is 5.73 Å². The van der Waals surface area contributed by atoms with Crippen LogP contribution in [-0.4, -0.2) is 49.3 Å². The van der Waals surface area contributed by atoms with Crippen LogP contribution in [0, 0.1) is 0 Å². The Balaban J connectivity index is 3.83. The molecule has 0 aliphatic heterocycles. The molecule has 3 N–H and O–H groups in total. The first-order valence-electron chi connectivity index (χ1n) is 35.7. The number of allylic oxidation sites excluding steroid dienone is 16. The second-order valence-electron chi connectivity index (χ2n) is 23.7. The minimum absolute atomic E-state index is 0.0515. The number of phosphoric ester groups is 1. The van der Waals surface area contributed by atoms with Gasteiger partial charge < -0.3 is 20.1 Å². The normalized spacial score (nSPS) is 13.5. The Morgan fingerprint density at radius 2 is 0.647 bits per heavy atom. The van der Waals surface area contributed by atoms with Gasteiger partial charge in [0.2, 0.25) is 0 Å². The van der Waals surface area contributed by atoms with Gasteiger partial charge in [0.05, 0.1) is 13.2 Å². The van der Waals surface area contributed by atoms with Crippen LogP contribution in [0.4, 0.5) is 0 Å². The van der Waals surface area contributed by atoms with Gasteiger partial charge in [-0.2, -0.15) is 0 Å². The van der Waals surface area contributed by atoms with Gasteiger partial charge in [-0.1, -0.05) is 323 Å². The van der Waals surface area contributed by atoms with Gasteiger partial charge in [0.15, 0.2) is 6.10 Å². The standard InChI is InChI=1S/C75H134NO8P/c1-3-5-7-9-11-13-15-17-19-21-23-25-27-29-30-31-32-33-34-35-36-37-38-39-40-41-42-44-46-48-50-52-54-56-58-60-62-64-66-68-75(78)84-73(72-83-85(79,80)82-70-69-76)71-81-74(77)67-65-63-61-59-57-55-53-51-49-47-45-43-28-26-24-22-20-18-16-14-12-10-8-6-4-2/h5,7,11,13,16-19,22-25,28-30,43,73H,3-4,6,8-10,12,14-15,20-21,26-27,31-42,44-72,76H2,1-2H3,(H,79,80)/b7-5-,13-11-,18-16-,19-17-,24-22-,25-23-,30-29-,43-28-. The van der Waals surface area contributed by atoms with E-state index in [-0.39, 0.29) is 38.6 Å². The van der Waals surface area contributed by atoms with Gasteiger partial charge >= 0.3 is 19.8 Å². The van der Waals surface area contributed by atoms with E-state index in [9.17, 15) is 19.0 Å². The summed E-state index contributed by atoms with van der Waals surface area (Å²) in [5, 5.41) is 0. The number of hydrogen-bond donors (Lipinski definition) is 2. The highest BCUT2D eigenvalue weighted by molar-refractivity contribution is 7.47. The topological polar surface area (TPSA) is 134 Å². The fourth-order valence-electron chi connectivity index (χ4n) is 10.2. The average molecular weight is 1210 g/mol. The average Bonchev–Trinajstić information content (AvgIpc) is 3.53. The van der Waals surface area contributed by atoms with Crippen LogP contribution in [-0.2, 0) is 32.7 Å². The maximum atomic E-state index is 12.8. The maximum Gasteiger partial charge on any atom is 0.472 e. The van der Waals surface area contributed by atoms with Crippen molar-refractivity contribution >= 4 is 19.8 Å². The van der Waals surface area contributed by atoms with Gasteiger partial charge in [-0.05, 0) is 96.3 Å². The van der Waals surface area contributed by atoms with Crippen LogP contribution in [0.15, 0.2) is 97.2 Å². The van der Waals surface area contributed by atoms with Crippen LogP contribution in [0.5, 0.6) is 0 Å². The zero-order valence-corrected chi connectivity index (χ0v) is 56.2. The van der Waals surface area contributed by atoms with Gasteiger partial charge in [0.1, 0.15) is 6.61 Å². The lowest BCUT2D eigenvalue weighted by molar-refractivity contribution is -0.161. The summed E-state index contributed by atoms with van der Waals surface area (Å²) in [4.78, 5) is 35.4. The monoisotopic (exact) mass is 1210 g/mol. The Hall–Kier alpha value is -3.07. The first-order valence-corrected chi connectivity index (χ1v) is 37.2. The summed E-state index contributed by atoms with van der Waals surface area (Å²) >= 11 is 0. The molecule has 492 valence electrons. The molecule has 0 radical (unpaired) electrons. The van der Waals surface area contributed by atoms with Crippen molar-refractivity contribution in [1.82, 2.24) is 0 Å². The molecule has 0 amide bonds. The van der Waals surface area contributed by atoms with E-state index in [1.54, 1.807) is 0 Å². The minimum atomic E-state index is -4.40. The summed E-state index contributed by atoms with van der Waals surface area (Å²) < 4.78 is 33.2. The molecule has 0 aromatic rings. The highest BCUT2D eigenvalue weighted by atomic mass is 31.2. The van der Waals surface area contributed by atoms with E-state index in [4.69, 9.17) is 24.3 Å². The number of phosphoric acid groups is 1. The first kappa shape index (κ1) is 81.9. The number of nitrogens with two attached hydrogens (primary N) is 1. The molecule has 2 unspecified atom stereocenters. The third-order valence-electron chi connectivity index (χ3n) is 15.5. The largest absolute Gasteiger partial charge is 0.472 e. The van der Waals surface area contributed by atoms with Gasteiger partial charge in [0, 0.05) is 19.4 Å². The highest BCUT2D eigenvalue weighted by Crippen LogP contribution is 2.43. The second-order valence-corrected chi connectivity index (χ2v) is 25.2. The number of unbranched alkanes of at least 4 members (excludes halogenated alkanes) is 38. The Morgan fingerprint density at radius 1 is 0.365 bits per heavy atom. The molecule has 9 nitrogen and oxygen atoms in total. The zero-order chi connectivity index (χ0) is 61.6. The summed E-state index contributed by atoms with van der Waals surface area (Å²) in [6, 6.07) is 0. The number of carbonyl (C=O) groups excluding carboxylic acids is 2. The molecule has 0 aromatic carbocycles. The smallest absolute Gasteiger partial charge is 0.462 e. The van der Waals surface area contributed by atoms with Gasteiger partial charge in [-0.15, -0.1) is 0 Å². The number of hydrogen-bond acceptors (Lipinski definition) is 8. The SMILES string of the molecule is CC/C=C\C/C=C\C/C=C\C/C=C\C/C=C\CCCCCCCCCCCCCCCCCCCCCCCCCC(=O)OC(COC(=O)CCCCCCCCCCCC/C=C\C/C=C\C/C=C\CCCCCCC)COP(=O)(O)OCCN. The second kappa shape index (κ2) is 70.0. The van der Waals surface area contributed by atoms with Crippen LogP contribution in [0.3, 0.4) is 0 Å². The summed E-state index contributed by atoms with van der Waals surface area (Å²) in [5.41, 5.74) is 5.40. The van der Waals surface area contributed by atoms with Crippen molar-refractivity contribution < 1.29 is 37.6 Å². The summed E-state index contributed by atoms with van der Waals surface area (Å²) in [6.45, 7) is 3.65. The quantitative estimate of drug-likeness (QED) is 0.0264. The number of rotatable bonds is 67. The molecule has 2 atom stereocenters. The van der Waals surface area contributed by atoms with E-state index in [0.29, 0.717) is 6.42 Å². The number of carbonyl (C=O) groups is 2. The fourth-order valence-corrected chi connectivity index (χ4v) is 11.0. The van der Waals surface area contributed by atoms with Crippen molar-refractivity contribution in [3.8, 4) is 0 Å². The lowest BCUT2D eigenvalue weighted by atomic mass is 10.0. The fraction of sp³-hybridized carbons (Fsp3) is 0.760. The Morgan fingerprint density at radius 3 is 0.965 bits per heavy atom. The Kier molecular flexibility index (Phi) is 67.5. The number of ether oxygens (including phenoxy) is 2. The van der Waals surface area contributed by atoms with E-state index in [0.717, 1.165) is 77.0 Å². The van der Waals surface area contributed by atoms with Crippen molar-refractivity contribution in [3.05, 3.63) is 97.2 Å². The van der Waals surface area contributed by atoms with Crippen LogP contribution in [0.1, 0.15) is 335 Å². The van der Waals surface area contributed by atoms with Gasteiger partial charge in [-0.25, -0.2) is 4.57 Å². The maximum absolute atomic E-state index is 12.8. The predicted octanol–water partition coefficient (Wildman–Crippen LogP) is 23.5.